The zero-order valence-electron chi connectivity index (χ0n) is 21.2. The van der Waals surface area contributed by atoms with Gasteiger partial charge in [-0.15, -0.1) is 0 Å². The van der Waals surface area contributed by atoms with E-state index in [0.717, 1.165) is 44.8 Å². The maximum Gasteiger partial charge on any atom is 0.255 e. The maximum absolute atomic E-state index is 14.2. The fourth-order valence-corrected chi connectivity index (χ4v) is 5.93. The zero-order valence-corrected chi connectivity index (χ0v) is 21.2. The summed E-state index contributed by atoms with van der Waals surface area (Å²) in [4.78, 5) is 34.9. The summed E-state index contributed by atoms with van der Waals surface area (Å²) in [5.74, 6) is 1.27. The molecule has 0 unspecified atom stereocenters. The second-order valence-electron chi connectivity index (χ2n) is 9.87. The number of carbonyl (C=O) groups excluding carboxylic acids is 2. The second kappa shape index (κ2) is 8.69. The highest BCUT2D eigenvalue weighted by Gasteiger charge is 2.56. The van der Waals surface area contributed by atoms with Gasteiger partial charge in [0.15, 0.2) is 5.54 Å². The first kappa shape index (κ1) is 23.2. The number of methoxy groups -OCH3 is 2. The van der Waals surface area contributed by atoms with Crippen LogP contribution in [0.5, 0.6) is 11.5 Å². The summed E-state index contributed by atoms with van der Waals surface area (Å²) in [5.41, 5.74) is 3.68. The molecule has 0 saturated carbocycles. The van der Waals surface area contributed by atoms with E-state index in [1.807, 2.05) is 73.7 Å². The Kier molecular flexibility index (Phi) is 5.44. The van der Waals surface area contributed by atoms with Gasteiger partial charge >= 0.3 is 0 Å². The molecule has 3 heterocycles. The number of hydrogen-bond donors (Lipinski definition) is 1. The summed E-state index contributed by atoms with van der Waals surface area (Å²) >= 11 is 0. The molecule has 3 aromatic carbocycles. The molecule has 7 heteroatoms. The van der Waals surface area contributed by atoms with Gasteiger partial charge in [0.25, 0.3) is 5.91 Å². The van der Waals surface area contributed by atoms with Gasteiger partial charge in [-0.05, 0) is 53.9 Å². The first-order valence-corrected chi connectivity index (χ1v) is 12.4. The van der Waals surface area contributed by atoms with E-state index in [0.29, 0.717) is 13.1 Å². The van der Waals surface area contributed by atoms with Crippen molar-refractivity contribution in [3.8, 4) is 11.5 Å². The highest BCUT2D eigenvalue weighted by molar-refractivity contribution is 6.01. The number of nitrogens with zero attached hydrogens (tertiary/aromatic N) is 2. The van der Waals surface area contributed by atoms with Gasteiger partial charge in [-0.1, -0.05) is 42.5 Å². The van der Waals surface area contributed by atoms with E-state index in [-0.39, 0.29) is 24.3 Å². The van der Waals surface area contributed by atoms with E-state index < -0.39 is 5.54 Å². The molecule has 2 aliphatic rings. The highest BCUT2D eigenvalue weighted by Crippen LogP contribution is 2.48. The third-order valence-corrected chi connectivity index (χ3v) is 7.84. The molecule has 4 aromatic rings. The van der Waals surface area contributed by atoms with E-state index in [4.69, 9.17) is 9.47 Å². The largest absolute Gasteiger partial charge is 0.497 e. The van der Waals surface area contributed by atoms with Crippen molar-refractivity contribution in [1.29, 1.82) is 0 Å². The number of nitrogens with one attached hydrogen (secondary N) is 1. The number of aromatic amines is 1. The van der Waals surface area contributed by atoms with Crippen LogP contribution in [0.25, 0.3) is 10.9 Å². The summed E-state index contributed by atoms with van der Waals surface area (Å²) in [7, 11) is 3.26. The zero-order chi connectivity index (χ0) is 25.7. The first-order chi connectivity index (χ1) is 17.9. The molecule has 0 aliphatic carbocycles. The van der Waals surface area contributed by atoms with Crippen LogP contribution in [0.3, 0.4) is 0 Å². The molecule has 0 spiro atoms. The van der Waals surface area contributed by atoms with Crippen LogP contribution >= 0.6 is 0 Å². The molecule has 188 valence electrons. The van der Waals surface area contributed by atoms with Gasteiger partial charge in [0.1, 0.15) is 18.0 Å². The normalized spacial score (nSPS) is 21.1. The predicted octanol–water partition coefficient (Wildman–Crippen LogP) is 4.42. The Labute approximate surface area is 215 Å². The van der Waals surface area contributed by atoms with E-state index in [1.54, 1.807) is 24.0 Å². The SMILES string of the molecule is COc1ccc([C@H]2CN3C(=O)CN(Cc4cccc(OC)c4)C(=O)[C@]3(C)c3[nH]c4ccccc4c32)cc1. The van der Waals surface area contributed by atoms with Crippen molar-refractivity contribution >= 4 is 22.7 Å². The number of fused-ring (bicyclic) bond motifs is 5. The summed E-state index contributed by atoms with van der Waals surface area (Å²) in [6, 6.07) is 23.7. The molecular formula is C30H29N3O4. The monoisotopic (exact) mass is 495 g/mol. The van der Waals surface area contributed by atoms with Crippen LogP contribution in [-0.4, -0.2) is 53.9 Å². The lowest BCUT2D eigenvalue weighted by Crippen LogP contribution is -2.67. The molecule has 2 aliphatic heterocycles. The van der Waals surface area contributed by atoms with Crippen molar-refractivity contribution in [3.63, 3.8) is 0 Å². The molecule has 1 aromatic heterocycles. The first-order valence-electron chi connectivity index (χ1n) is 12.4. The number of aromatic nitrogens is 1. The molecule has 6 rings (SSSR count). The number of H-pyrrole nitrogens is 1. The van der Waals surface area contributed by atoms with E-state index >= 15 is 0 Å². The Morgan fingerprint density at radius 1 is 0.946 bits per heavy atom. The van der Waals surface area contributed by atoms with Crippen molar-refractivity contribution < 1.29 is 19.1 Å². The van der Waals surface area contributed by atoms with Gasteiger partial charge in [-0.25, -0.2) is 0 Å². The van der Waals surface area contributed by atoms with Crippen LogP contribution in [-0.2, 0) is 21.7 Å². The topological polar surface area (TPSA) is 74.9 Å². The van der Waals surface area contributed by atoms with Crippen LogP contribution < -0.4 is 9.47 Å². The third kappa shape index (κ3) is 3.56. The maximum atomic E-state index is 14.2. The van der Waals surface area contributed by atoms with Gasteiger partial charge in [0.05, 0.1) is 19.9 Å². The summed E-state index contributed by atoms with van der Waals surface area (Å²) < 4.78 is 10.7. The highest BCUT2D eigenvalue weighted by atomic mass is 16.5. The molecule has 2 atom stereocenters. The fraction of sp³-hybridized carbons (Fsp3) is 0.267. The van der Waals surface area contributed by atoms with Gasteiger partial charge in [0.2, 0.25) is 5.91 Å². The van der Waals surface area contributed by atoms with Gasteiger partial charge in [-0.2, -0.15) is 0 Å². The molecule has 0 radical (unpaired) electrons. The Morgan fingerprint density at radius 2 is 1.70 bits per heavy atom. The summed E-state index contributed by atoms with van der Waals surface area (Å²) in [5, 5.41) is 1.07. The lowest BCUT2D eigenvalue weighted by atomic mass is 9.76. The van der Waals surface area contributed by atoms with Crippen molar-refractivity contribution in [3.05, 3.63) is 95.2 Å². The van der Waals surface area contributed by atoms with Gasteiger partial charge in [-0.3, -0.25) is 9.59 Å². The lowest BCUT2D eigenvalue weighted by molar-refractivity contribution is -0.166. The minimum atomic E-state index is -1.13. The Balaban J connectivity index is 1.47. The van der Waals surface area contributed by atoms with Crippen molar-refractivity contribution in [1.82, 2.24) is 14.8 Å². The number of rotatable bonds is 5. The summed E-state index contributed by atoms with van der Waals surface area (Å²) in [6.45, 7) is 2.68. The Morgan fingerprint density at radius 3 is 2.46 bits per heavy atom. The number of carbonyl (C=O) groups is 2. The molecule has 0 bridgehead atoms. The minimum absolute atomic E-state index is 0.0382. The third-order valence-electron chi connectivity index (χ3n) is 7.84. The van der Waals surface area contributed by atoms with Crippen LogP contribution in [0.4, 0.5) is 0 Å². The van der Waals surface area contributed by atoms with Crippen LogP contribution in [0.1, 0.15) is 35.2 Å². The number of para-hydroxylation sites is 1. The number of hydrogen-bond acceptors (Lipinski definition) is 4. The smallest absolute Gasteiger partial charge is 0.255 e. The lowest BCUT2D eigenvalue weighted by Gasteiger charge is -2.51. The van der Waals surface area contributed by atoms with Gasteiger partial charge < -0.3 is 24.3 Å². The standard InChI is InChI=1S/C30H29N3O4/c1-30-28-27(23-9-4-5-10-25(23)31-28)24(20-11-13-21(36-2)14-12-20)17-33(30)26(34)18-32(29(30)35)16-19-7-6-8-22(15-19)37-3/h4-15,24,31H,16-18H2,1-3H3/t24-,30+/m1/s1. The van der Waals surface area contributed by atoms with Crippen LogP contribution in [0.2, 0.25) is 0 Å². The predicted molar refractivity (Wildman–Crippen MR) is 141 cm³/mol. The van der Waals surface area contributed by atoms with Crippen molar-refractivity contribution in [2.45, 2.75) is 24.9 Å². The van der Waals surface area contributed by atoms with Crippen molar-refractivity contribution in [2.24, 2.45) is 0 Å². The quantitative estimate of drug-likeness (QED) is 0.445. The molecular weight excluding hydrogens is 466 g/mol. The molecule has 37 heavy (non-hydrogen) atoms. The van der Waals surface area contributed by atoms with Crippen LogP contribution in [0, 0.1) is 0 Å². The minimum Gasteiger partial charge on any atom is -0.497 e. The number of ether oxygens (including phenoxy) is 2. The molecule has 7 nitrogen and oxygen atoms in total. The number of amides is 2. The molecule has 1 saturated heterocycles. The van der Waals surface area contributed by atoms with E-state index in [9.17, 15) is 9.59 Å². The molecule has 1 fully saturated rings. The fourth-order valence-electron chi connectivity index (χ4n) is 5.93. The van der Waals surface area contributed by atoms with Gasteiger partial charge in [0, 0.05) is 29.9 Å². The summed E-state index contributed by atoms with van der Waals surface area (Å²) in [6.07, 6.45) is 0. The van der Waals surface area contributed by atoms with E-state index in [2.05, 4.69) is 11.1 Å². The average Bonchev–Trinajstić information content (AvgIpc) is 3.33. The Hall–Kier alpha value is -4.26. The number of piperazine rings is 1. The molecule has 2 amide bonds. The molecule has 1 N–H and O–H groups in total. The second-order valence-corrected chi connectivity index (χ2v) is 9.87. The average molecular weight is 496 g/mol. The Bertz CT molecular complexity index is 1510. The van der Waals surface area contributed by atoms with Crippen LogP contribution in [0.15, 0.2) is 72.8 Å². The van der Waals surface area contributed by atoms with E-state index in [1.165, 1.54) is 0 Å². The van der Waals surface area contributed by atoms with Crippen molar-refractivity contribution in [2.75, 3.05) is 27.3 Å². The number of benzene rings is 3.